The van der Waals surface area contributed by atoms with E-state index in [1.54, 1.807) is 0 Å². The topological polar surface area (TPSA) is 77.3 Å². The van der Waals surface area contributed by atoms with Gasteiger partial charge >= 0.3 is 0 Å². The predicted octanol–water partition coefficient (Wildman–Crippen LogP) is 18.1. The Hall–Kier alpha value is -10.6. The molecule has 6 heteroatoms. The van der Waals surface area contributed by atoms with Crippen LogP contribution in [0.15, 0.2) is 293 Å². The van der Waals surface area contributed by atoms with Gasteiger partial charge < -0.3 is 0 Å². The highest BCUT2D eigenvalue weighted by Gasteiger charge is 2.30. The Bertz CT molecular complexity index is 3390. The first kappa shape index (κ1) is 47.2. The highest BCUT2D eigenvalue weighted by Crippen LogP contribution is 2.56. The third-order valence-electron chi connectivity index (χ3n) is 14.6. The normalized spacial score (nSPS) is 11.1. The van der Waals surface area contributed by atoms with Crippen molar-refractivity contribution >= 4 is 0 Å². The maximum absolute atomic E-state index is 4.34. The van der Waals surface area contributed by atoms with Crippen molar-refractivity contribution in [2.45, 2.75) is 0 Å². The van der Waals surface area contributed by atoms with E-state index in [0.717, 1.165) is 134 Å². The highest BCUT2D eigenvalue weighted by atomic mass is 14.6. The quantitative estimate of drug-likeness (QED) is 0.121. The molecule has 13 rings (SSSR count). The Morgan fingerprint density at radius 2 is 0.192 bits per heavy atom. The van der Waals surface area contributed by atoms with Gasteiger partial charge in [0.2, 0.25) is 0 Å². The number of benzene rings is 7. The molecule has 6 heterocycles. The summed E-state index contributed by atoms with van der Waals surface area (Å²) in [5, 5.41) is 0. The number of hydrogen-bond acceptors (Lipinski definition) is 6. The minimum absolute atomic E-state index is 1.08. The minimum Gasteiger partial charge on any atom is -0.265 e. The van der Waals surface area contributed by atoms with E-state index in [1.807, 2.05) is 74.4 Å². The van der Waals surface area contributed by atoms with E-state index < -0.39 is 0 Å². The number of aromatic nitrogens is 6. The number of rotatable bonds is 12. The van der Waals surface area contributed by atoms with Crippen LogP contribution in [0.1, 0.15) is 0 Å². The van der Waals surface area contributed by atoms with Crippen molar-refractivity contribution in [3.05, 3.63) is 293 Å². The summed E-state index contributed by atoms with van der Waals surface area (Å²) in [5.74, 6) is 0. The zero-order valence-electron chi connectivity index (χ0n) is 42.4. The Labute approximate surface area is 453 Å². The van der Waals surface area contributed by atoms with E-state index >= 15 is 0 Å². The molecule has 13 aromatic rings. The molecule has 0 aliphatic heterocycles. The smallest absolute Gasteiger partial charge is 0.0273 e. The minimum atomic E-state index is 1.08. The van der Waals surface area contributed by atoms with Crippen LogP contribution < -0.4 is 0 Å². The first-order valence-electron chi connectivity index (χ1n) is 26.0. The molecule has 0 bridgehead atoms. The number of pyridine rings is 6. The van der Waals surface area contributed by atoms with Crippen molar-refractivity contribution in [3.63, 3.8) is 0 Å². The van der Waals surface area contributed by atoms with Gasteiger partial charge in [-0.2, -0.15) is 0 Å². The van der Waals surface area contributed by atoms with Gasteiger partial charge in [0.25, 0.3) is 0 Å². The lowest BCUT2D eigenvalue weighted by Gasteiger charge is -2.29. The number of nitrogens with zero attached hydrogens (tertiary/aromatic N) is 6. The molecule has 0 aliphatic rings. The standard InChI is InChI=1S/C72H48N6/c1-13-61(14-2-49(1)55-25-37-73-38-26-55)67-68(62-15-3-50(4-16-62)56-27-39-74-40-28-56)70(64-19-7-52(8-20-64)58-31-43-76-44-32-58)72(66-23-11-54(12-24-66)60-35-47-78-48-36-60)71(65-21-9-53(10-22-65)59-33-45-77-46-34-59)69(67)63-17-5-51(6-18-63)57-29-41-75-42-30-57/h1-48H. The summed E-state index contributed by atoms with van der Waals surface area (Å²) in [4.78, 5) is 26.0. The molecular formula is C72H48N6. The zero-order valence-corrected chi connectivity index (χ0v) is 42.4. The van der Waals surface area contributed by atoms with E-state index in [1.165, 1.54) is 0 Å². The van der Waals surface area contributed by atoms with Crippen LogP contribution in [0.5, 0.6) is 0 Å². The fourth-order valence-electron chi connectivity index (χ4n) is 10.7. The second kappa shape index (κ2) is 21.4. The summed E-state index contributed by atoms with van der Waals surface area (Å²) in [6, 6.07) is 79.3. The Balaban J connectivity index is 1.18. The van der Waals surface area contributed by atoms with Gasteiger partial charge in [-0.25, -0.2) is 0 Å². The largest absolute Gasteiger partial charge is 0.265 e. The molecule has 0 amide bonds. The third kappa shape index (κ3) is 9.47. The first-order chi connectivity index (χ1) is 38.7. The molecule has 0 radical (unpaired) electrons. The molecule has 0 saturated carbocycles. The molecule has 6 aromatic heterocycles. The van der Waals surface area contributed by atoms with Crippen LogP contribution in [-0.2, 0) is 0 Å². The Morgan fingerprint density at radius 1 is 0.103 bits per heavy atom. The summed E-state index contributed by atoms with van der Waals surface area (Å²) >= 11 is 0. The average molecular weight is 997 g/mol. The van der Waals surface area contributed by atoms with Crippen LogP contribution in [0.3, 0.4) is 0 Å². The van der Waals surface area contributed by atoms with Crippen molar-refractivity contribution in [1.82, 2.24) is 29.9 Å². The molecule has 0 atom stereocenters. The first-order valence-corrected chi connectivity index (χ1v) is 26.0. The molecule has 0 saturated heterocycles. The average Bonchev–Trinajstić information content (AvgIpc) is 3.72. The number of hydrogen-bond donors (Lipinski definition) is 0. The van der Waals surface area contributed by atoms with Gasteiger partial charge in [0.1, 0.15) is 0 Å². The van der Waals surface area contributed by atoms with Crippen LogP contribution in [0.4, 0.5) is 0 Å². The molecule has 0 fully saturated rings. The molecule has 0 spiro atoms. The van der Waals surface area contributed by atoms with Crippen molar-refractivity contribution < 1.29 is 0 Å². The summed E-state index contributed by atoms with van der Waals surface area (Å²) < 4.78 is 0. The van der Waals surface area contributed by atoms with Gasteiger partial charge in [0.05, 0.1) is 0 Å². The molecular weight excluding hydrogens is 949 g/mol. The van der Waals surface area contributed by atoms with E-state index in [0.29, 0.717) is 0 Å². The van der Waals surface area contributed by atoms with Gasteiger partial charge in [-0.1, -0.05) is 146 Å². The van der Waals surface area contributed by atoms with E-state index in [9.17, 15) is 0 Å². The third-order valence-corrected chi connectivity index (χ3v) is 14.6. The molecule has 0 N–H and O–H groups in total. The Kier molecular flexibility index (Phi) is 12.9. The molecule has 7 aromatic carbocycles. The lowest BCUT2D eigenvalue weighted by molar-refractivity contribution is 1.33. The van der Waals surface area contributed by atoms with Crippen molar-refractivity contribution in [2.24, 2.45) is 0 Å². The molecule has 78 heavy (non-hydrogen) atoms. The van der Waals surface area contributed by atoms with Crippen LogP contribution in [0.2, 0.25) is 0 Å². The summed E-state index contributed by atoms with van der Waals surface area (Å²) in [6.45, 7) is 0. The van der Waals surface area contributed by atoms with E-state index in [2.05, 4.69) is 248 Å². The van der Waals surface area contributed by atoms with Gasteiger partial charge in [-0.3, -0.25) is 29.9 Å². The fourth-order valence-corrected chi connectivity index (χ4v) is 10.7. The zero-order chi connectivity index (χ0) is 52.0. The SMILES string of the molecule is c1cc(-c2ccc(-c3c(-c4ccc(-c5ccncc5)cc4)c(-c4ccc(-c5ccncc5)cc4)c(-c4ccc(-c5ccncc5)cc4)c(-c4ccc(-c5ccncc5)cc4)c3-c3ccc(-c4ccncc4)cc3)cc2)ccn1. The summed E-state index contributed by atoms with van der Waals surface area (Å²) in [6.07, 6.45) is 22.2. The maximum Gasteiger partial charge on any atom is 0.0273 e. The van der Waals surface area contributed by atoms with Crippen LogP contribution in [0, 0.1) is 0 Å². The van der Waals surface area contributed by atoms with Gasteiger partial charge in [-0.05, 0) is 206 Å². The Morgan fingerprint density at radius 3 is 0.308 bits per heavy atom. The predicted molar refractivity (Wildman–Crippen MR) is 318 cm³/mol. The molecule has 0 aliphatic carbocycles. The van der Waals surface area contributed by atoms with Crippen LogP contribution in [0.25, 0.3) is 134 Å². The van der Waals surface area contributed by atoms with Crippen molar-refractivity contribution in [2.75, 3.05) is 0 Å². The van der Waals surface area contributed by atoms with Crippen LogP contribution in [-0.4, -0.2) is 29.9 Å². The van der Waals surface area contributed by atoms with E-state index in [-0.39, 0.29) is 0 Å². The second-order valence-electron chi connectivity index (χ2n) is 19.1. The fraction of sp³-hybridized carbons (Fsp3) is 0. The highest BCUT2D eigenvalue weighted by molar-refractivity contribution is 6.15. The summed E-state index contributed by atoms with van der Waals surface area (Å²) in [7, 11) is 0. The maximum atomic E-state index is 4.34. The van der Waals surface area contributed by atoms with Gasteiger partial charge in [0, 0.05) is 74.4 Å². The summed E-state index contributed by atoms with van der Waals surface area (Å²) in [5.41, 5.74) is 26.4. The van der Waals surface area contributed by atoms with E-state index in [4.69, 9.17) is 0 Å². The second-order valence-corrected chi connectivity index (χ2v) is 19.1. The molecule has 366 valence electrons. The van der Waals surface area contributed by atoms with Gasteiger partial charge in [-0.15, -0.1) is 0 Å². The monoisotopic (exact) mass is 996 g/mol. The van der Waals surface area contributed by atoms with Crippen molar-refractivity contribution in [1.29, 1.82) is 0 Å². The van der Waals surface area contributed by atoms with Crippen LogP contribution >= 0.6 is 0 Å². The van der Waals surface area contributed by atoms with Gasteiger partial charge in [0.15, 0.2) is 0 Å². The van der Waals surface area contributed by atoms with Crippen molar-refractivity contribution in [3.8, 4) is 134 Å². The lowest BCUT2D eigenvalue weighted by atomic mass is 9.73. The lowest BCUT2D eigenvalue weighted by Crippen LogP contribution is -2.02. The molecule has 6 nitrogen and oxygen atoms in total. The molecule has 0 unspecified atom stereocenters.